The van der Waals surface area contributed by atoms with Crippen LogP contribution in [0.1, 0.15) is 5.56 Å². The summed E-state index contributed by atoms with van der Waals surface area (Å²) in [5, 5.41) is 9.21. The second-order valence-electron chi connectivity index (χ2n) is 4.13. The van der Waals surface area contributed by atoms with Crippen molar-refractivity contribution in [2.45, 2.75) is 6.42 Å². The fraction of sp³-hybridized carbons (Fsp3) is 0.133. The lowest BCUT2D eigenvalue weighted by molar-refractivity contribution is -0.117. The van der Waals surface area contributed by atoms with Gasteiger partial charge in [-0.25, -0.2) is 0 Å². The highest BCUT2D eigenvalue weighted by atomic mass is 16.3. The zero-order chi connectivity index (χ0) is 13.0. The molecule has 0 spiro atoms. The molecule has 0 aliphatic heterocycles. The Morgan fingerprint density at radius 2 is 1.67 bits per heavy atom. The highest BCUT2D eigenvalue weighted by Gasteiger charge is 2.11. The molecule has 3 heteroatoms. The number of hydrogen-bond donors (Lipinski definition) is 1. The second-order valence-corrected chi connectivity index (χ2v) is 4.13. The highest BCUT2D eigenvalue weighted by Crippen LogP contribution is 2.18. The SMILES string of the molecule is CN(C(=O)Cc1ccccc1)c1ccc(O)cc1. The van der Waals surface area contributed by atoms with Crippen LogP contribution in [0.4, 0.5) is 5.69 Å². The maximum Gasteiger partial charge on any atom is 0.231 e. The molecule has 0 saturated heterocycles. The first kappa shape index (κ1) is 12.2. The maximum atomic E-state index is 12.1. The number of anilines is 1. The number of likely N-dealkylation sites (N-methyl/N-ethyl adjacent to an activating group) is 1. The zero-order valence-electron chi connectivity index (χ0n) is 10.2. The van der Waals surface area contributed by atoms with Crippen LogP contribution in [0.25, 0.3) is 0 Å². The number of phenols is 1. The van der Waals surface area contributed by atoms with E-state index in [1.54, 1.807) is 36.2 Å². The van der Waals surface area contributed by atoms with Crippen LogP contribution in [0.15, 0.2) is 54.6 Å². The molecular formula is C15H15NO2. The fourth-order valence-corrected chi connectivity index (χ4v) is 1.71. The molecule has 2 aromatic carbocycles. The number of aromatic hydroxyl groups is 1. The number of carbonyl (C=O) groups excluding carboxylic acids is 1. The third-order valence-corrected chi connectivity index (χ3v) is 2.81. The first-order valence-corrected chi connectivity index (χ1v) is 5.76. The zero-order valence-corrected chi connectivity index (χ0v) is 10.2. The molecule has 0 aliphatic rings. The number of nitrogens with zero attached hydrogens (tertiary/aromatic N) is 1. The quantitative estimate of drug-likeness (QED) is 0.897. The molecule has 18 heavy (non-hydrogen) atoms. The molecule has 2 aromatic rings. The van der Waals surface area contributed by atoms with Gasteiger partial charge in [0.2, 0.25) is 5.91 Å². The Balaban J connectivity index is 2.07. The van der Waals surface area contributed by atoms with Crippen LogP contribution in [-0.4, -0.2) is 18.1 Å². The van der Waals surface area contributed by atoms with E-state index in [0.29, 0.717) is 6.42 Å². The van der Waals surface area contributed by atoms with Gasteiger partial charge >= 0.3 is 0 Å². The Labute approximate surface area is 106 Å². The number of hydrogen-bond acceptors (Lipinski definition) is 2. The van der Waals surface area contributed by atoms with Crippen LogP contribution in [0, 0.1) is 0 Å². The van der Waals surface area contributed by atoms with Crippen LogP contribution >= 0.6 is 0 Å². The molecule has 0 aromatic heterocycles. The van der Waals surface area contributed by atoms with Gasteiger partial charge in [0.25, 0.3) is 0 Å². The minimum Gasteiger partial charge on any atom is -0.508 e. The number of carbonyl (C=O) groups is 1. The Hall–Kier alpha value is -2.29. The van der Waals surface area contributed by atoms with Crippen molar-refractivity contribution < 1.29 is 9.90 Å². The Bertz CT molecular complexity index is 520. The van der Waals surface area contributed by atoms with Gasteiger partial charge in [0.15, 0.2) is 0 Å². The summed E-state index contributed by atoms with van der Waals surface area (Å²) in [7, 11) is 1.73. The molecule has 0 aliphatic carbocycles. The van der Waals surface area contributed by atoms with E-state index in [-0.39, 0.29) is 11.7 Å². The molecular weight excluding hydrogens is 226 g/mol. The summed E-state index contributed by atoms with van der Waals surface area (Å²) in [4.78, 5) is 13.7. The Kier molecular flexibility index (Phi) is 3.63. The third-order valence-electron chi connectivity index (χ3n) is 2.81. The van der Waals surface area contributed by atoms with Crippen molar-refractivity contribution in [1.29, 1.82) is 0 Å². The molecule has 0 saturated carbocycles. The van der Waals surface area contributed by atoms with Crippen LogP contribution in [-0.2, 0) is 11.2 Å². The van der Waals surface area contributed by atoms with Crippen LogP contribution in [0.5, 0.6) is 5.75 Å². The van der Waals surface area contributed by atoms with E-state index in [1.807, 2.05) is 30.3 Å². The average Bonchev–Trinajstić information content (AvgIpc) is 2.40. The molecule has 0 bridgehead atoms. The fourth-order valence-electron chi connectivity index (χ4n) is 1.71. The van der Waals surface area contributed by atoms with Gasteiger partial charge in [0, 0.05) is 12.7 Å². The molecule has 0 unspecified atom stereocenters. The molecule has 0 radical (unpaired) electrons. The van der Waals surface area contributed by atoms with Crippen LogP contribution in [0.2, 0.25) is 0 Å². The molecule has 0 heterocycles. The maximum absolute atomic E-state index is 12.1. The van der Waals surface area contributed by atoms with Gasteiger partial charge in [-0.1, -0.05) is 30.3 Å². The van der Waals surface area contributed by atoms with Crippen molar-refractivity contribution >= 4 is 11.6 Å². The van der Waals surface area contributed by atoms with Crippen molar-refractivity contribution in [3.8, 4) is 5.75 Å². The summed E-state index contributed by atoms with van der Waals surface area (Å²) in [6.07, 6.45) is 0.373. The molecule has 1 amide bonds. The average molecular weight is 241 g/mol. The van der Waals surface area contributed by atoms with Gasteiger partial charge in [-0.05, 0) is 29.8 Å². The van der Waals surface area contributed by atoms with Crippen LogP contribution in [0.3, 0.4) is 0 Å². The van der Waals surface area contributed by atoms with Crippen molar-refractivity contribution in [2.75, 3.05) is 11.9 Å². The first-order chi connectivity index (χ1) is 8.66. The standard InChI is InChI=1S/C15H15NO2/c1-16(13-7-9-14(17)10-8-13)15(18)11-12-5-3-2-4-6-12/h2-10,17H,11H2,1H3. The van der Waals surface area contributed by atoms with Crippen molar-refractivity contribution in [1.82, 2.24) is 0 Å². The van der Waals surface area contributed by atoms with Crippen molar-refractivity contribution in [3.63, 3.8) is 0 Å². The highest BCUT2D eigenvalue weighted by molar-refractivity contribution is 5.94. The summed E-state index contributed by atoms with van der Waals surface area (Å²) in [5.74, 6) is 0.217. The van der Waals surface area contributed by atoms with Gasteiger partial charge in [0.1, 0.15) is 5.75 Å². The first-order valence-electron chi connectivity index (χ1n) is 5.76. The number of amides is 1. The second kappa shape index (κ2) is 5.36. The smallest absolute Gasteiger partial charge is 0.231 e. The van der Waals surface area contributed by atoms with Gasteiger partial charge < -0.3 is 10.0 Å². The lowest BCUT2D eigenvalue weighted by Gasteiger charge is -2.17. The molecule has 92 valence electrons. The number of phenolic OH excluding ortho intramolecular Hbond substituents is 1. The predicted molar refractivity (Wildman–Crippen MR) is 71.7 cm³/mol. The Morgan fingerprint density at radius 1 is 1.06 bits per heavy atom. The third kappa shape index (κ3) is 2.88. The molecule has 0 fully saturated rings. The summed E-state index contributed by atoms with van der Waals surface area (Å²) >= 11 is 0. The number of benzene rings is 2. The summed E-state index contributed by atoms with van der Waals surface area (Å²) in [6.45, 7) is 0. The monoisotopic (exact) mass is 241 g/mol. The van der Waals surface area contributed by atoms with Gasteiger partial charge in [-0.3, -0.25) is 4.79 Å². The summed E-state index contributed by atoms with van der Waals surface area (Å²) in [6, 6.07) is 16.2. The van der Waals surface area contributed by atoms with Crippen molar-refractivity contribution in [2.24, 2.45) is 0 Å². The normalized spacial score (nSPS) is 10.1. The summed E-state index contributed by atoms with van der Waals surface area (Å²) in [5.41, 5.74) is 1.77. The van der Waals surface area contributed by atoms with E-state index in [1.165, 1.54) is 0 Å². The molecule has 2 rings (SSSR count). The van der Waals surface area contributed by atoms with E-state index < -0.39 is 0 Å². The minimum absolute atomic E-state index is 0.0203. The van der Waals surface area contributed by atoms with E-state index in [2.05, 4.69) is 0 Å². The Morgan fingerprint density at radius 3 is 2.28 bits per heavy atom. The van der Waals surface area contributed by atoms with Gasteiger partial charge in [-0.15, -0.1) is 0 Å². The molecule has 0 atom stereocenters. The largest absolute Gasteiger partial charge is 0.508 e. The predicted octanol–water partition coefficient (Wildman–Crippen LogP) is 2.60. The van der Waals surface area contributed by atoms with E-state index in [0.717, 1.165) is 11.3 Å². The molecule has 1 N–H and O–H groups in total. The lowest BCUT2D eigenvalue weighted by Crippen LogP contribution is -2.27. The minimum atomic E-state index is 0.0203. The van der Waals surface area contributed by atoms with Gasteiger partial charge in [-0.2, -0.15) is 0 Å². The topological polar surface area (TPSA) is 40.5 Å². The van der Waals surface area contributed by atoms with E-state index in [9.17, 15) is 9.90 Å². The molecule has 3 nitrogen and oxygen atoms in total. The lowest BCUT2D eigenvalue weighted by atomic mass is 10.1. The van der Waals surface area contributed by atoms with E-state index in [4.69, 9.17) is 0 Å². The summed E-state index contributed by atoms with van der Waals surface area (Å²) < 4.78 is 0. The van der Waals surface area contributed by atoms with Crippen molar-refractivity contribution in [3.05, 3.63) is 60.2 Å². The van der Waals surface area contributed by atoms with Crippen LogP contribution < -0.4 is 4.90 Å². The number of rotatable bonds is 3. The van der Waals surface area contributed by atoms with E-state index >= 15 is 0 Å². The van der Waals surface area contributed by atoms with Gasteiger partial charge in [0.05, 0.1) is 6.42 Å².